The summed E-state index contributed by atoms with van der Waals surface area (Å²) in [6.45, 7) is 6.21. The minimum Gasteiger partial charge on any atom is -0.330 e. The Hall–Kier alpha value is -0.860. The Morgan fingerprint density at radius 2 is 2.20 bits per heavy atom. The molecule has 1 aromatic carbocycles. The molecule has 82 valence electrons. The molecule has 1 fully saturated rings. The highest BCUT2D eigenvalue weighted by molar-refractivity contribution is 5.33. The van der Waals surface area contributed by atoms with Crippen molar-refractivity contribution in [2.45, 2.75) is 26.3 Å². The van der Waals surface area contributed by atoms with Crippen molar-refractivity contribution in [3.63, 3.8) is 0 Å². The zero-order valence-electron chi connectivity index (χ0n) is 9.59. The summed E-state index contributed by atoms with van der Waals surface area (Å²) in [5.74, 6) is 0.603. The number of benzene rings is 1. The van der Waals surface area contributed by atoms with Crippen molar-refractivity contribution < 1.29 is 0 Å². The quantitative estimate of drug-likeness (QED) is 0.772. The lowest BCUT2D eigenvalue weighted by Gasteiger charge is -2.20. The molecule has 2 atom stereocenters. The maximum absolute atomic E-state index is 5.80. The molecule has 2 rings (SSSR count). The number of nitrogens with two attached hydrogens (primary N) is 1. The van der Waals surface area contributed by atoms with Gasteiger partial charge in [-0.15, -0.1) is 0 Å². The maximum atomic E-state index is 5.80. The molecule has 1 saturated heterocycles. The van der Waals surface area contributed by atoms with Crippen LogP contribution in [0.2, 0.25) is 0 Å². The second-order valence-electron chi connectivity index (χ2n) is 4.58. The first-order valence-corrected chi connectivity index (χ1v) is 5.73. The van der Waals surface area contributed by atoms with Gasteiger partial charge in [-0.3, -0.25) is 0 Å². The Morgan fingerprint density at radius 3 is 2.87 bits per heavy atom. The molecule has 1 aliphatic rings. The maximum Gasteiger partial charge on any atom is 0.0363 e. The van der Waals surface area contributed by atoms with Crippen LogP contribution in [0.4, 0.5) is 0 Å². The molecule has 0 aliphatic carbocycles. The van der Waals surface area contributed by atoms with Gasteiger partial charge in [-0.25, -0.2) is 0 Å². The highest BCUT2D eigenvalue weighted by atomic mass is 15.0. The average molecular weight is 204 g/mol. The zero-order valence-corrected chi connectivity index (χ0v) is 9.59. The van der Waals surface area contributed by atoms with Gasteiger partial charge >= 0.3 is 0 Å². The van der Waals surface area contributed by atoms with Crippen LogP contribution in [-0.2, 0) is 0 Å². The molecule has 0 aromatic heterocycles. The zero-order chi connectivity index (χ0) is 10.8. The van der Waals surface area contributed by atoms with Crippen LogP contribution in [0.25, 0.3) is 0 Å². The predicted molar refractivity (Wildman–Crippen MR) is 63.8 cm³/mol. The molecule has 2 unspecified atom stereocenters. The molecule has 0 saturated carbocycles. The smallest absolute Gasteiger partial charge is 0.0363 e. The highest BCUT2D eigenvalue weighted by Crippen LogP contribution is 2.30. The van der Waals surface area contributed by atoms with Gasteiger partial charge in [0.1, 0.15) is 0 Å². The second kappa shape index (κ2) is 4.33. The van der Waals surface area contributed by atoms with E-state index in [4.69, 9.17) is 5.73 Å². The van der Waals surface area contributed by atoms with Gasteiger partial charge in [0.05, 0.1) is 0 Å². The van der Waals surface area contributed by atoms with Gasteiger partial charge in [-0.1, -0.05) is 23.8 Å². The number of hydrogen-bond donors (Lipinski definition) is 2. The molecule has 0 amide bonds. The van der Waals surface area contributed by atoms with E-state index in [9.17, 15) is 0 Å². The summed E-state index contributed by atoms with van der Waals surface area (Å²) in [4.78, 5) is 0. The standard InChI is InChI=1S/C13H20N2/c1-9-3-4-12(10(2)7-9)13-11(8-14)5-6-15-13/h3-4,7,11,13,15H,5-6,8,14H2,1-2H3. The topological polar surface area (TPSA) is 38.0 Å². The van der Waals surface area contributed by atoms with Crippen molar-refractivity contribution in [2.75, 3.05) is 13.1 Å². The van der Waals surface area contributed by atoms with E-state index in [1.807, 2.05) is 0 Å². The summed E-state index contributed by atoms with van der Waals surface area (Å²) in [5.41, 5.74) is 9.94. The van der Waals surface area contributed by atoms with Crippen LogP contribution in [0.3, 0.4) is 0 Å². The molecule has 2 nitrogen and oxygen atoms in total. The first kappa shape index (κ1) is 10.7. The van der Waals surface area contributed by atoms with E-state index in [0.717, 1.165) is 13.1 Å². The third-order valence-corrected chi connectivity index (χ3v) is 3.41. The molecule has 15 heavy (non-hydrogen) atoms. The van der Waals surface area contributed by atoms with Crippen LogP contribution in [0.15, 0.2) is 18.2 Å². The van der Waals surface area contributed by atoms with Crippen LogP contribution in [-0.4, -0.2) is 13.1 Å². The monoisotopic (exact) mass is 204 g/mol. The largest absolute Gasteiger partial charge is 0.330 e. The van der Waals surface area contributed by atoms with E-state index in [1.165, 1.54) is 23.1 Å². The summed E-state index contributed by atoms with van der Waals surface area (Å²) in [6, 6.07) is 7.16. The van der Waals surface area contributed by atoms with Crippen LogP contribution in [0.1, 0.15) is 29.2 Å². The Morgan fingerprint density at radius 1 is 1.40 bits per heavy atom. The molecule has 2 heteroatoms. The number of hydrogen-bond acceptors (Lipinski definition) is 2. The molecule has 0 spiro atoms. The van der Waals surface area contributed by atoms with E-state index >= 15 is 0 Å². The summed E-state index contributed by atoms with van der Waals surface area (Å²) >= 11 is 0. The molecule has 3 N–H and O–H groups in total. The minimum absolute atomic E-state index is 0.468. The van der Waals surface area contributed by atoms with Gasteiger partial charge in [-0.2, -0.15) is 0 Å². The van der Waals surface area contributed by atoms with E-state index < -0.39 is 0 Å². The molecule has 1 heterocycles. The summed E-state index contributed by atoms with van der Waals surface area (Å²) < 4.78 is 0. The highest BCUT2D eigenvalue weighted by Gasteiger charge is 2.27. The van der Waals surface area contributed by atoms with E-state index in [1.54, 1.807) is 0 Å². The van der Waals surface area contributed by atoms with E-state index in [0.29, 0.717) is 12.0 Å². The molecule has 0 bridgehead atoms. The summed E-state index contributed by atoms with van der Waals surface area (Å²) in [5, 5.41) is 3.55. The molecular weight excluding hydrogens is 184 g/mol. The van der Waals surface area contributed by atoms with Gasteiger partial charge in [0, 0.05) is 6.04 Å². The van der Waals surface area contributed by atoms with Gasteiger partial charge < -0.3 is 11.1 Å². The molecule has 0 radical (unpaired) electrons. The average Bonchev–Trinajstić information content (AvgIpc) is 2.65. The fraction of sp³-hybridized carbons (Fsp3) is 0.538. The van der Waals surface area contributed by atoms with Crippen molar-refractivity contribution in [1.29, 1.82) is 0 Å². The van der Waals surface area contributed by atoms with Crippen molar-refractivity contribution in [2.24, 2.45) is 11.7 Å². The lowest BCUT2D eigenvalue weighted by atomic mass is 9.91. The minimum atomic E-state index is 0.468. The fourth-order valence-electron chi connectivity index (χ4n) is 2.55. The van der Waals surface area contributed by atoms with Gasteiger partial charge in [0.25, 0.3) is 0 Å². The van der Waals surface area contributed by atoms with Crippen LogP contribution < -0.4 is 11.1 Å². The first-order valence-electron chi connectivity index (χ1n) is 5.73. The third-order valence-electron chi connectivity index (χ3n) is 3.41. The number of rotatable bonds is 2. The molecular formula is C13H20N2. The fourth-order valence-corrected chi connectivity index (χ4v) is 2.55. The van der Waals surface area contributed by atoms with Crippen molar-refractivity contribution in [1.82, 2.24) is 5.32 Å². The van der Waals surface area contributed by atoms with Gasteiger partial charge in [-0.05, 0) is 50.4 Å². The van der Waals surface area contributed by atoms with Crippen molar-refractivity contribution in [3.8, 4) is 0 Å². The molecule has 1 aromatic rings. The number of nitrogens with one attached hydrogen (secondary N) is 1. The van der Waals surface area contributed by atoms with Crippen LogP contribution >= 0.6 is 0 Å². The summed E-state index contributed by atoms with van der Waals surface area (Å²) in [6.07, 6.45) is 1.20. The lowest BCUT2D eigenvalue weighted by molar-refractivity contribution is 0.471. The lowest BCUT2D eigenvalue weighted by Crippen LogP contribution is -2.23. The molecule has 1 aliphatic heterocycles. The summed E-state index contributed by atoms with van der Waals surface area (Å²) in [7, 11) is 0. The van der Waals surface area contributed by atoms with Crippen molar-refractivity contribution >= 4 is 0 Å². The van der Waals surface area contributed by atoms with E-state index in [-0.39, 0.29) is 0 Å². The first-order chi connectivity index (χ1) is 7.22. The van der Waals surface area contributed by atoms with Gasteiger partial charge in [0.15, 0.2) is 0 Å². The van der Waals surface area contributed by atoms with Gasteiger partial charge in [0.2, 0.25) is 0 Å². The third kappa shape index (κ3) is 2.06. The SMILES string of the molecule is Cc1ccc(C2NCCC2CN)c(C)c1. The van der Waals surface area contributed by atoms with Crippen LogP contribution in [0.5, 0.6) is 0 Å². The second-order valence-corrected chi connectivity index (χ2v) is 4.58. The Balaban J connectivity index is 2.28. The van der Waals surface area contributed by atoms with Crippen molar-refractivity contribution in [3.05, 3.63) is 34.9 Å². The Kier molecular flexibility index (Phi) is 3.08. The van der Waals surface area contributed by atoms with Crippen LogP contribution in [0, 0.1) is 19.8 Å². The Labute approximate surface area is 91.9 Å². The Bertz CT molecular complexity index is 346. The number of aryl methyl sites for hydroxylation is 2. The normalized spacial score (nSPS) is 25.8. The van der Waals surface area contributed by atoms with E-state index in [2.05, 4.69) is 37.4 Å². The predicted octanol–water partition coefficient (Wildman–Crippen LogP) is 1.91.